The maximum atomic E-state index is 14.1. The number of benzene rings is 2. The van der Waals surface area contributed by atoms with Crippen LogP contribution in [0.3, 0.4) is 0 Å². The summed E-state index contributed by atoms with van der Waals surface area (Å²) in [6.45, 7) is 9.37. The summed E-state index contributed by atoms with van der Waals surface area (Å²) >= 11 is 0. The fourth-order valence-corrected chi connectivity index (χ4v) is 4.53. The van der Waals surface area contributed by atoms with Crippen molar-refractivity contribution in [3.8, 4) is 0 Å². The van der Waals surface area contributed by atoms with Crippen molar-refractivity contribution in [2.45, 2.75) is 33.2 Å². The van der Waals surface area contributed by atoms with Gasteiger partial charge in [-0.05, 0) is 36.6 Å². The Morgan fingerprint density at radius 3 is 2.34 bits per heavy atom. The van der Waals surface area contributed by atoms with Crippen LogP contribution < -0.4 is 4.90 Å². The lowest BCUT2D eigenvalue weighted by Crippen LogP contribution is -2.49. The largest absolute Gasteiger partial charge is 0.366 e. The predicted molar refractivity (Wildman–Crippen MR) is 116 cm³/mol. The van der Waals surface area contributed by atoms with Gasteiger partial charge < -0.3 is 14.4 Å². The molecule has 29 heavy (non-hydrogen) atoms. The average Bonchev–Trinajstić information content (AvgIpc) is 3.00. The monoisotopic (exact) mass is 393 g/mol. The van der Waals surface area contributed by atoms with Crippen molar-refractivity contribution in [1.82, 2.24) is 9.47 Å². The number of anilines is 1. The summed E-state index contributed by atoms with van der Waals surface area (Å²) in [4.78, 5) is 17.0. The second-order valence-electron chi connectivity index (χ2n) is 8.08. The Morgan fingerprint density at radius 1 is 1.00 bits per heavy atom. The molecular formula is C24H28FN3O. The highest BCUT2D eigenvalue weighted by Crippen LogP contribution is 2.31. The second-order valence-corrected chi connectivity index (χ2v) is 8.08. The average molecular weight is 394 g/mol. The van der Waals surface area contributed by atoms with Crippen LogP contribution >= 0.6 is 0 Å². The van der Waals surface area contributed by atoms with E-state index < -0.39 is 0 Å². The van der Waals surface area contributed by atoms with Crippen molar-refractivity contribution >= 4 is 22.5 Å². The molecule has 0 saturated carbocycles. The quantitative estimate of drug-likeness (QED) is 0.650. The molecule has 1 aliphatic rings. The lowest BCUT2D eigenvalue weighted by atomic mass is 10.00. The highest BCUT2D eigenvalue weighted by Gasteiger charge is 2.24. The van der Waals surface area contributed by atoms with Crippen molar-refractivity contribution in [3.63, 3.8) is 0 Å². The van der Waals surface area contributed by atoms with Gasteiger partial charge in [0.1, 0.15) is 12.4 Å². The van der Waals surface area contributed by atoms with Crippen molar-refractivity contribution < 1.29 is 9.18 Å². The van der Waals surface area contributed by atoms with Crippen molar-refractivity contribution in [2.75, 3.05) is 31.1 Å². The van der Waals surface area contributed by atoms with E-state index >= 15 is 0 Å². The second kappa shape index (κ2) is 7.90. The van der Waals surface area contributed by atoms with E-state index in [1.165, 1.54) is 22.7 Å². The van der Waals surface area contributed by atoms with Gasteiger partial charge in [-0.15, -0.1) is 0 Å². The molecule has 0 spiro atoms. The first kappa shape index (κ1) is 19.5. The molecular weight excluding hydrogens is 365 g/mol. The van der Waals surface area contributed by atoms with Crippen LogP contribution in [0.2, 0.25) is 0 Å². The van der Waals surface area contributed by atoms with E-state index in [0.717, 1.165) is 5.52 Å². The number of halogens is 1. The van der Waals surface area contributed by atoms with Crippen LogP contribution in [0.5, 0.6) is 0 Å². The lowest BCUT2D eigenvalue weighted by Gasteiger charge is -2.36. The third-order valence-electron chi connectivity index (χ3n) is 5.98. The number of hydrogen-bond acceptors (Lipinski definition) is 2. The number of carbonyl (C=O) groups is 1. The number of carbonyl (C=O) groups excluding carboxylic acids is 1. The first-order chi connectivity index (χ1) is 14.0. The van der Waals surface area contributed by atoms with E-state index in [1.807, 2.05) is 21.9 Å². The zero-order chi connectivity index (χ0) is 20.5. The summed E-state index contributed by atoms with van der Waals surface area (Å²) in [6.07, 6.45) is 0. The summed E-state index contributed by atoms with van der Waals surface area (Å²) in [5.41, 5.74) is 4.22. The van der Waals surface area contributed by atoms with Crippen molar-refractivity contribution in [2.24, 2.45) is 0 Å². The van der Waals surface area contributed by atoms with Gasteiger partial charge in [0.2, 0.25) is 5.91 Å². The molecule has 2 aromatic carbocycles. The smallest absolute Gasteiger partial charge is 0.242 e. The van der Waals surface area contributed by atoms with Crippen LogP contribution in [0.25, 0.3) is 10.9 Å². The van der Waals surface area contributed by atoms with E-state index in [2.05, 4.69) is 43.5 Å². The van der Waals surface area contributed by atoms with Crippen LogP contribution in [-0.4, -0.2) is 41.6 Å². The molecule has 0 radical (unpaired) electrons. The molecule has 0 atom stereocenters. The van der Waals surface area contributed by atoms with Crippen LogP contribution in [0.15, 0.2) is 48.5 Å². The minimum Gasteiger partial charge on any atom is -0.366 e. The molecule has 1 aliphatic heterocycles. The van der Waals surface area contributed by atoms with Crippen molar-refractivity contribution in [1.29, 1.82) is 0 Å². The number of amides is 1. The van der Waals surface area contributed by atoms with Crippen molar-refractivity contribution in [3.05, 3.63) is 65.6 Å². The summed E-state index contributed by atoms with van der Waals surface area (Å²) in [5.74, 6) is 0.320. The summed E-state index contributed by atoms with van der Waals surface area (Å²) in [6, 6.07) is 15.2. The van der Waals surface area contributed by atoms with Gasteiger partial charge in [-0.3, -0.25) is 4.79 Å². The maximum absolute atomic E-state index is 14.1. The zero-order valence-electron chi connectivity index (χ0n) is 17.4. The molecule has 0 unspecified atom stereocenters. The van der Waals surface area contributed by atoms with E-state index in [1.54, 1.807) is 12.1 Å². The standard InChI is InChI=1S/C24H28FN3O/c1-17(2)24-18(3)28(21-10-6-4-8-19(21)24)16-23(29)27-14-12-26(13-15-27)22-11-7-5-9-20(22)25/h4-11,17H,12-16H2,1-3H3. The van der Waals surface area contributed by atoms with Crippen LogP contribution in [0, 0.1) is 12.7 Å². The summed E-state index contributed by atoms with van der Waals surface area (Å²) < 4.78 is 16.2. The van der Waals surface area contributed by atoms with Gasteiger partial charge in [-0.25, -0.2) is 4.39 Å². The fraction of sp³-hybridized carbons (Fsp3) is 0.375. The molecule has 5 heteroatoms. The molecule has 1 aromatic heterocycles. The number of piperazine rings is 1. The highest BCUT2D eigenvalue weighted by atomic mass is 19.1. The number of hydrogen-bond donors (Lipinski definition) is 0. The normalized spacial score (nSPS) is 14.8. The Labute approximate surface area is 171 Å². The topological polar surface area (TPSA) is 28.5 Å². The van der Waals surface area contributed by atoms with E-state index in [0.29, 0.717) is 44.3 Å². The molecule has 1 fully saturated rings. The minimum atomic E-state index is -0.206. The SMILES string of the molecule is Cc1c(C(C)C)c2ccccc2n1CC(=O)N1CCN(c2ccccc2F)CC1. The van der Waals surface area contributed by atoms with E-state index in [-0.39, 0.29) is 11.7 Å². The Hall–Kier alpha value is -2.82. The summed E-state index contributed by atoms with van der Waals surface area (Å²) in [7, 11) is 0. The highest BCUT2D eigenvalue weighted by molar-refractivity contribution is 5.88. The van der Waals surface area contributed by atoms with Crippen LogP contribution in [0.4, 0.5) is 10.1 Å². The molecule has 0 bridgehead atoms. The summed E-state index contributed by atoms with van der Waals surface area (Å²) in [5, 5.41) is 1.23. The first-order valence-corrected chi connectivity index (χ1v) is 10.3. The van der Waals surface area contributed by atoms with Gasteiger partial charge in [0.15, 0.2) is 0 Å². The lowest BCUT2D eigenvalue weighted by molar-refractivity contribution is -0.132. The third kappa shape index (κ3) is 3.61. The molecule has 4 rings (SSSR count). The van der Waals surface area contributed by atoms with Gasteiger partial charge in [-0.2, -0.15) is 0 Å². The molecule has 152 valence electrons. The third-order valence-corrected chi connectivity index (χ3v) is 5.98. The molecule has 2 heterocycles. The van der Waals surface area contributed by atoms with Crippen LogP contribution in [0.1, 0.15) is 31.0 Å². The molecule has 3 aromatic rings. The zero-order valence-corrected chi connectivity index (χ0v) is 17.4. The van der Waals surface area contributed by atoms with Gasteiger partial charge in [0, 0.05) is 42.8 Å². The number of rotatable bonds is 4. The van der Waals surface area contributed by atoms with E-state index in [4.69, 9.17) is 0 Å². The number of nitrogens with zero attached hydrogens (tertiary/aromatic N) is 3. The Balaban J connectivity index is 1.50. The Bertz CT molecular complexity index is 1030. The predicted octanol–water partition coefficient (Wildman–Crippen LogP) is 4.56. The molecule has 0 aliphatic carbocycles. The Kier molecular flexibility index (Phi) is 5.31. The van der Waals surface area contributed by atoms with Crippen LogP contribution in [-0.2, 0) is 11.3 Å². The van der Waals surface area contributed by atoms with Gasteiger partial charge in [0.25, 0.3) is 0 Å². The number of fused-ring (bicyclic) bond motifs is 1. The maximum Gasteiger partial charge on any atom is 0.242 e. The molecule has 1 amide bonds. The van der Waals surface area contributed by atoms with E-state index in [9.17, 15) is 9.18 Å². The fourth-order valence-electron chi connectivity index (χ4n) is 4.53. The Morgan fingerprint density at radius 2 is 1.66 bits per heavy atom. The molecule has 1 saturated heterocycles. The first-order valence-electron chi connectivity index (χ1n) is 10.3. The minimum absolute atomic E-state index is 0.123. The number of aromatic nitrogens is 1. The number of para-hydroxylation sites is 2. The molecule has 0 N–H and O–H groups in total. The van der Waals surface area contributed by atoms with Gasteiger partial charge >= 0.3 is 0 Å². The molecule has 4 nitrogen and oxygen atoms in total. The van der Waals surface area contributed by atoms with Gasteiger partial charge in [-0.1, -0.05) is 44.2 Å². The van der Waals surface area contributed by atoms with Gasteiger partial charge in [0.05, 0.1) is 5.69 Å².